The smallest absolute Gasteiger partial charge is 0.281 e. The third-order valence-electron chi connectivity index (χ3n) is 5.71. The van der Waals surface area contributed by atoms with Crippen LogP contribution in [0.15, 0.2) is 45.9 Å². The number of aromatic amines is 1. The van der Waals surface area contributed by atoms with Gasteiger partial charge in [0.1, 0.15) is 11.6 Å². The Labute approximate surface area is 186 Å². The number of fused-ring (bicyclic) bond motifs is 1. The normalized spacial score (nSPS) is 16.5. The average molecular weight is 453 g/mol. The maximum atomic E-state index is 13.6. The van der Waals surface area contributed by atoms with E-state index in [1.165, 1.54) is 16.8 Å². The highest BCUT2D eigenvalue weighted by molar-refractivity contribution is 7.08. The topological polar surface area (TPSA) is 96.8 Å². The van der Waals surface area contributed by atoms with Gasteiger partial charge in [-0.3, -0.25) is 9.59 Å². The first-order valence-corrected chi connectivity index (χ1v) is 11.4. The van der Waals surface area contributed by atoms with Crippen LogP contribution in [0.1, 0.15) is 35.7 Å². The quantitative estimate of drug-likeness (QED) is 0.502. The van der Waals surface area contributed by atoms with E-state index < -0.39 is 0 Å². The van der Waals surface area contributed by atoms with Gasteiger partial charge in [-0.2, -0.15) is 11.3 Å². The minimum atomic E-state index is -0.364. The maximum Gasteiger partial charge on any atom is 0.281 e. The first-order chi connectivity index (χ1) is 15.6. The summed E-state index contributed by atoms with van der Waals surface area (Å²) in [5.41, 5.74) is 1.85. The molecule has 0 saturated carbocycles. The third kappa shape index (κ3) is 4.18. The number of amides is 1. The molecule has 10 heteroatoms. The molecule has 0 unspecified atom stereocenters. The van der Waals surface area contributed by atoms with E-state index in [2.05, 4.69) is 20.3 Å². The summed E-state index contributed by atoms with van der Waals surface area (Å²) < 4.78 is 15.1. The van der Waals surface area contributed by atoms with Crippen LogP contribution in [-0.2, 0) is 17.8 Å². The number of rotatable bonds is 5. The fraction of sp³-hybridized carbons (Fsp3) is 0.318. The minimum Gasteiger partial charge on any atom is -0.342 e. The number of halogens is 1. The predicted molar refractivity (Wildman–Crippen MR) is 118 cm³/mol. The van der Waals surface area contributed by atoms with Gasteiger partial charge in [0.25, 0.3) is 5.56 Å². The number of H-pyrrole nitrogens is 1. The molecule has 1 amide bonds. The summed E-state index contributed by atoms with van der Waals surface area (Å²) in [7, 11) is 0. The number of thiophene rings is 1. The van der Waals surface area contributed by atoms with Crippen LogP contribution in [0.2, 0.25) is 0 Å². The van der Waals surface area contributed by atoms with Crippen LogP contribution in [0.25, 0.3) is 11.2 Å². The number of carbonyl (C=O) groups is 1. The zero-order valence-electron chi connectivity index (χ0n) is 17.2. The van der Waals surface area contributed by atoms with Gasteiger partial charge in [0.2, 0.25) is 5.91 Å². The minimum absolute atomic E-state index is 0.0781. The summed E-state index contributed by atoms with van der Waals surface area (Å²) in [5.74, 6) is 0.185. The molecule has 4 aromatic rings. The number of nitrogens with one attached hydrogen (secondary N) is 1. The number of benzene rings is 1. The van der Waals surface area contributed by atoms with Crippen molar-refractivity contribution in [2.24, 2.45) is 0 Å². The number of carbonyl (C=O) groups excluding carboxylic acids is 1. The van der Waals surface area contributed by atoms with Crippen molar-refractivity contribution in [3.63, 3.8) is 0 Å². The molecule has 1 aliphatic rings. The first kappa shape index (κ1) is 20.5. The van der Waals surface area contributed by atoms with E-state index in [4.69, 9.17) is 0 Å². The lowest BCUT2D eigenvalue weighted by Crippen LogP contribution is -2.40. The number of piperidine rings is 1. The molecule has 0 bridgehead atoms. The monoisotopic (exact) mass is 452 g/mol. The van der Waals surface area contributed by atoms with Crippen molar-refractivity contribution in [1.29, 1.82) is 0 Å². The molecule has 5 rings (SSSR count). The molecule has 1 fully saturated rings. The Morgan fingerprint density at radius 1 is 1.28 bits per heavy atom. The highest BCUT2D eigenvalue weighted by atomic mass is 32.1. The molecule has 164 valence electrons. The maximum absolute atomic E-state index is 13.6. The second kappa shape index (κ2) is 8.62. The van der Waals surface area contributed by atoms with Crippen molar-refractivity contribution in [2.45, 2.75) is 31.7 Å². The Morgan fingerprint density at radius 2 is 2.19 bits per heavy atom. The number of hydrogen-bond donors (Lipinski definition) is 1. The number of hydrogen-bond acceptors (Lipinski definition) is 6. The first-order valence-electron chi connectivity index (χ1n) is 10.4. The Balaban J connectivity index is 1.40. The van der Waals surface area contributed by atoms with Gasteiger partial charge in [-0.05, 0) is 52.9 Å². The largest absolute Gasteiger partial charge is 0.342 e. The zero-order valence-corrected chi connectivity index (χ0v) is 18.0. The van der Waals surface area contributed by atoms with Crippen molar-refractivity contribution in [3.05, 3.63) is 74.2 Å². The third-order valence-corrected chi connectivity index (χ3v) is 6.44. The van der Waals surface area contributed by atoms with Crippen molar-refractivity contribution < 1.29 is 9.18 Å². The molecule has 4 heterocycles. The standard InChI is InChI=1S/C22H21FN6O2S/c23-17-5-1-3-14(9-17)11-29-21-19(26-27-29)22(31)25-20(24-21)16-4-2-7-28(12-16)18(30)10-15-6-8-32-13-15/h1,3,5-6,8-9,13,16H,2,4,7,10-12H2,(H,24,25,31)/t16-/m0/s1. The summed E-state index contributed by atoms with van der Waals surface area (Å²) in [4.78, 5) is 34.7. The van der Waals surface area contributed by atoms with Crippen LogP contribution in [0.5, 0.6) is 0 Å². The van der Waals surface area contributed by atoms with E-state index in [1.807, 2.05) is 21.7 Å². The van der Waals surface area contributed by atoms with Crippen LogP contribution >= 0.6 is 11.3 Å². The van der Waals surface area contributed by atoms with E-state index in [-0.39, 0.29) is 35.3 Å². The summed E-state index contributed by atoms with van der Waals surface area (Å²) in [6, 6.07) is 8.16. The van der Waals surface area contributed by atoms with Gasteiger partial charge in [-0.15, -0.1) is 5.10 Å². The van der Waals surface area contributed by atoms with Gasteiger partial charge in [-0.25, -0.2) is 14.1 Å². The van der Waals surface area contributed by atoms with E-state index in [1.54, 1.807) is 23.5 Å². The molecular formula is C22H21FN6O2S. The lowest BCUT2D eigenvalue weighted by atomic mass is 9.96. The van der Waals surface area contributed by atoms with Gasteiger partial charge in [-0.1, -0.05) is 17.3 Å². The molecule has 32 heavy (non-hydrogen) atoms. The molecular weight excluding hydrogens is 431 g/mol. The van der Waals surface area contributed by atoms with Crippen molar-refractivity contribution in [2.75, 3.05) is 13.1 Å². The van der Waals surface area contributed by atoms with Crippen LogP contribution < -0.4 is 5.56 Å². The molecule has 0 aliphatic carbocycles. The van der Waals surface area contributed by atoms with Gasteiger partial charge in [0.15, 0.2) is 11.2 Å². The van der Waals surface area contributed by atoms with Crippen LogP contribution in [0, 0.1) is 5.82 Å². The highest BCUT2D eigenvalue weighted by Crippen LogP contribution is 2.25. The summed E-state index contributed by atoms with van der Waals surface area (Å²) >= 11 is 1.58. The van der Waals surface area contributed by atoms with E-state index in [9.17, 15) is 14.0 Å². The summed E-state index contributed by atoms with van der Waals surface area (Å²) in [5, 5.41) is 12.0. The number of aromatic nitrogens is 5. The van der Waals surface area contributed by atoms with Gasteiger partial charge in [0.05, 0.1) is 13.0 Å². The van der Waals surface area contributed by atoms with Crippen LogP contribution in [0.4, 0.5) is 4.39 Å². The second-order valence-electron chi connectivity index (χ2n) is 7.99. The van der Waals surface area contributed by atoms with E-state index in [0.29, 0.717) is 36.5 Å². The van der Waals surface area contributed by atoms with E-state index in [0.717, 1.165) is 18.4 Å². The van der Waals surface area contributed by atoms with Crippen molar-refractivity contribution in [3.8, 4) is 0 Å². The molecule has 3 aromatic heterocycles. The molecule has 1 aromatic carbocycles. The zero-order chi connectivity index (χ0) is 22.1. The highest BCUT2D eigenvalue weighted by Gasteiger charge is 2.27. The number of nitrogens with zero attached hydrogens (tertiary/aromatic N) is 5. The van der Waals surface area contributed by atoms with Gasteiger partial charge in [0, 0.05) is 19.0 Å². The molecule has 1 aliphatic heterocycles. The van der Waals surface area contributed by atoms with Crippen molar-refractivity contribution in [1.82, 2.24) is 29.9 Å². The summed E-state index contributed by atoms with van der Waals surface area (Å²) in [6.45, 7) is 1.45. The van der Waals surface area contributed by atoms with Crippen molar-refractivity contribution >= 4 is 28.4 Å². The Kier molecular flexibility index (Phi) is 5.52. The van der Waals surface area contributed by atoms with Crippen LogP contribution in [-0.4, -0.2) is 48.9 Å². The second-order valence-corrected chi connectivity index (χ2v) is 8.77. The molecule has 1 saturated heterocycles. The fourth-order valence-electron chi connectivity index (χ4n) is 4.10. The Morgan fingerprint density at radius 3 is 3.00 bits per heavy atom. The van der Waals surface area contributed by atoms with Gasteiger partial charge >= 0.3 is 0 Å². The van der Waals surface area contributed by atoms with Crippen LogP contribution in [0.3, 0.4) is 0 Å². The summed E-state index contributed by atoms with van der Waals surface area (Å²) in [6.07, 6.45) is 2.04. The Bertz CT molecular complexity index is 1320. The molecule has 0 spiro atoms. The molecule has 0 radical (unpaired) electrons. The lowest BCUT2D eigenvalue weighted by Gasteiger charge is -2.32. The number of likely N-dealkylation sites (tertiary alicyclic amines) is 1. The SMILES string of the molecule is O=C(Cc1ccsc1)N1CCC[C@H](c2nc3c(nnn3Cc3cccc(F)c3)c(=O)[nH]2)C1. The fourth-order valence-corrected chi connectivity index (χ4v) is 4.77. The molecule has 8 nitrogen and oxygen atoms in total. The average Bonchev–Trinajstić information content (AvgIpc) is 3.44. The Hall–Kier alpha value is -3.40. The molecule has 1 N–H and O–H groups in total. The van der Waals surface area contributed by atoms with E-state index >= 15 is 0 Å². The predicted octanol–water partition coefficient (Wildman–Crippen LogP) is 2.71. The van der Waals surface area contributed by atoms with Gasteiger partial charge < -0.3 is 9.88 Å². The molecule has 1 atom stereocenters. The lowest BCUT2D eigenvalue weighted by molar-refractivity contribution is -0.131.